The first-order valence-electron chi connectivity index (χ1n) is 5.42. The number of nitro benzene ring substituents is 1. The van der Waals surface area contributed by atoms with Gasteiger partial charge in [0.2, 0.25) is 5.95 Å². The van der Waals surface area contributed by atoms with Gasteiger partial charge in [-0.05, 0) is 22.0 Å². The quantitative estimate of drug-likeness (QED) is 0.464. The van der Waals surface area contributed by atoms with Gasteiger partial charge in [-0.15, -0.1) is 4.98 Å². The predicted octanol–water partition coefficient (Wildman–Crippen LogP) is 1.63. The van der Waals surface area contributed by atoms with Crippen molar-refractivity contribution in [1.29, 1.82) is 0 Å². The Balaban J connectivity index is 2.37. The molecule has 10 nitrogen and oxygen atoms in total. The fourth-order valence-corrected chi connectivity index (χ4v) is 1.65. The number of hydrazine groups is 1. The molecule has 11 heteroatoms. The standard InChI is InChI=1S/C10H9BrN6O4/c1-20-9-13-8(16-12)14-10(15-9)21-7-4-5(17(18)19)2-3-6(7)11/h2-4H,12H2,1H3,(H,13,14,15,16). The van der Waals surface area contributed by atoms with E-state index in [2.05, 4.69) is 36.3 Å². The van der Waals surface area contributed by atoms with Crippen molar-refractivity contribution in [2.24, 2.45) is 5.84 Å². The van der Waals surface area contributed by atoms with Gasteiger partial charge in [0.1, 0.15) is 0 Å². The lowest BCUT2D eigenvalue weighted by atomic mass is 10.3. The van der Waals surface area contributed by atoms with E-state index in [1.807, 2.05) is 0 Å². The topological polar surface area (TPSA) is 138 Å². The molecule has 1 aromatic heterocycles. The first kappa shape index (κ1) is 14.9. The summed E-state index contributed by atoms with van der Waals surface area (Å²) in [6.45, 7) is 0. The summed E-state index contributed by atoms with van der Waals surface area (Å²) in [6.07, 6.45) is 0. The van der Waals surface area contributed by atoms with E-state index >= 15 is 0 Å². The van der Waals surface area contributed by atoms with Gasteiger partial charge in [-0.1, -0.05) is 0 Å². The number of anilines is 1. The van der Waals surface area contributed by atoms with Crippen molar-refractivity contribution in [2.75, 3.05) is 12.5 Å². The fourth-order valence-electron chi connectivity index (χ4n) is 1.32. The van der Waals surface area contributed by atoms with Crippen molar-refractivity contribution in [2.45, 2.75) is 0 Å². The minimum atomic E-state index is -0.542. The molecule has 0 amide bonds. The van der Waals surface area contributed by atoms with E-state index in [1.165, 1.54) is 25.3 Å². The summed E-state index contributed by atoms with van der Waals surface area (Å²) in [5, 5.41) is 10.8. The van der Waals surface area contributed by atoms with Crippen LogP contribution in [0.3, 0.4) is 0 Å². The number of ether oxygens (including phenoxy) is 2. The van der Waals surface area contributed by atoms with Gasteiger partial charge >= 0.3 is 12.0 Å². The molecule has 0 unspecified atom stereocenters. The van der Waals surface area contributed by atoms with Crippen LogP contribution in [0.1, 0.15) is 0 Å². The van der Waals surface area contributed by atoms with Crippen molar-refractivity contribution >= 4 is 27.6 Å². The molecule has 2 aromatic rings. The van der Waals surface area contributed by atoms with Crippen molar-refractivity contribution in [3.05, 3.63) is 32.8 Å². The summed E-state index contributed by atoms with van der Waals surface area (Å²) in [7, 11) is 1.36. The number of hydrogen-bond donors (Lipinski definition) is 2. The molecule has 0 radical (unpaired) electrons. The summed E-state index contributed by atoms with van der Waals surface area (Å²) in [4.78, 5) is 21.7. The van der Waals surface area contributed by atoms with Crippen LogP contribution in [0.15, 0.2) is 22.7 Å². The van der Waals surface area contributed by atoms with E-state index in [0.717, 1.165) is 0 Å². The van der Waals surface area contributed by atoms with Gasteiger partial charge < -0.3 is 9.47 Å². The Bertz CT molecular complexity index is 660. The second kappa shape index (κ2) is 6.28. The molecule has 0 atom stereocenters. The van der Waals surface area contributed by atoms with Crippen LogP contribution in [0.25, 0.3) is 0 Å². The normalized spacial score (nSPS) is 10.0. The summed E-state index contributed by atoms with van der Waals surface area (Å²) >= 11 is 3.22. The highest BCUT2D eigenvalue weighted by molar-refractivity contribution is 9.10. The first-order chi connectivity index (χ1) is 10.0. The smallest absolute Gasteiger partial charge is 0.330 e. The number of benzene rings is 1. The average molecular weight is 357 g/mol. The van der Waals surface area contributed by atoms with E-state index in [4.69, 9.17) is 15.3 Å². The van der Waals surface area contributed by atoms with E-state index in [1.54, 1.807) is 0 Å². The van der Waals surface area contributed by atoms with E-state index in [-0.39, 0.29) is 29.4 Å². The number of methoxy groups -OCH3 is 1. The van der Waals surface area contributed by atoms with Crippen molar-refractivity contribution < 1.29 is 14.4 Å². The SMILES string of the molecule is COc1nc(NN)nc(Oc2cc([N+](=O)[O-])ccc2Br)n1. The van der Waals surface area contributed by atoms with Crippen LogP contribution in [-0.4, -0.2) is 27.0 Å². The number of rotatable bonds is 5. The first-order valence-corrected chi connectivity index (χ1v) is 6.21. The minimum Gasteiger partial charge on any atom is -0.467 e. The number of non-ortho nitro benzene ring substituents is 1. The molecular formula is C10H9BrN6O4. The number of aromatic nitrogens is 3. The van der Waals surface area contributed by atoms with Crippen LogP contribution in [0, 0.1) is 10.1 Å². The number of nitrogens with one attached hydrogen (secondary N) is 1. The molecule has 0 saturated heterocycles. The number of nitrogens with two attached hydrogens (primary N) is 1. The Hall–Kier alpha value is -2.53. The van der Waals surface area contributed by atoms with Crippen LogP contribution >= 0.6 is 15.9 Å². The third-order valence-corrected chi connectivity index (χ3v) is 2.89. The molecule has 1 aromatic carbocycles. The lowest BCUT2D eigenvalue weighted by molar-refractivity contribution is -0.384. The zero-order valence-corrected chi connectivity index (χ0v) is 12.2. The lowest BCUT2D eigenvalue weighted by Crippen LogP contribution is -2.12. The summed E-state index contributed by atoms with van der Waals surface area (Å²) < 4.78 is 10.8. The monoisotopic (exact) mass is 356 g/mol. The Morgan fingerprint density at radius 2 is 2.05 bits per heavy atom. The molecule has 0 fully saturated rings. The van der Waals surface area contributed by atoms with Gasteiger partial charge in [-0.3, -0.25) is 15.5 Å². The van der Waals surface area contributed by atoms with Crippen molar-refractivity contribution in [1.82, 2.24) is 15.0 Å². The van der Waals surface area contributed by atoms with Gasteiger partial charge in [-0.2, -0.15) is 9.97 Å². The molecule has 0 aliphatic heterocycles. The van der Waals surface area contributed by atoms with Gasteiger partial charge in [0, 0.05) is 6.07 Å². The molecule has 21 heavy (non-hydrogen) atoms. The third-order valence-electron chi connectivity index (χ3n) is 2.23. The number of hydrogen-bond acceptors (Lipinski definition) is 9. The Labute approximate surface area is 126 Å². The molecule has 0 saturated carbocycles. The molecular weight excluding hydrogens is 348 g/mol. The molecule has 3 N–H and O–H groups in total. The van der Waals surface area contributed by atoms with Crippen LogP contribution in [0.5, 0.6) is 17.8 Å². The maximum Gasteiger partial charge on any atom is 0.330 e. The maximum atomic E-state index is 10.8. The second-order valence-corrected chi connectivity index (χ2v) is 4.40. The minimum absolute atomic E-state index is 0.0190. The number of nitrogens with zero attached hydrogens (tertiary/aromatic N) is 4. The van der Waals surface area contributed by atoms with Crippen molar-refractivity contribution in [3.63, 3.8) is 0 Å². The van der Waals surface area contributed by atoms with Crippen LogP contribution in [0.4, 0.5) is 11.6 Å². The highest BCUT2D eigenvalue weighted by Crippen LogP contribution is 2.32. The maximum absolute atomic E-state index is 10.8. The number of nitro groups is 1. The largest absolute Gasteiger partial charge is 0.467 e. The lowest BCUT2D eigenvalue weighted by Gasteiger charge is -2.08. The van der Waals surface area contributed by atoms with Crippen LogP contribution in [0.2, 0.25) is 0 Å². The molecule has 1 heterocycles. The van der Waals surface area contributed by atoms with Gasteiger partial charge in [0.15, 0.2) is 5.75 Å². The second-order valence-electron chi connectivity index (χ2n) is 3.55. The highest BCUT2D eigenvalue weighted by Gasteiger charge is 2.14. The van der Waals surface area contributed by atoms with E-state index < -0.39 is 4.92 Å². The zero-order chi connectivity index (χ0) is 15.4. The van der Waals surface area contributed by atoms with Crippen molar-refractivity contribution in [3.8, 4) is 17.8 Å². The Kier molecular flexibility index (Phi) is 4.45. The molecule has 0 aliphatic rings. The Morgan fingerprint density at radius 3 is 2.67 bits per heavy atom. The molecule has 0 spiro atoms. The molecule has 2 rings (SSSR count). The van der Waals surface area contributed by atoms with Crippen LogP contribution < -0.4 is 20.7 Å². The van der Waals surface area contributed by atoms with Gasteiger partial charge in [0.05, 0.1) is 22.6 Å². The summed E-state index contributed by atoms with van der Waals surface area (Å²) in [5.41, 5.74) is 2.10. The Morgan fingerprint density at radius 1 is 1.33 bits per heavy atom. The molecule has 0 bridgehead atoms. The zero-order valence-electron chi connectivity index (χ0n) is 10.6. The predicted molar refractivity (Wildman–Crippen MR) is 75.1 cm³/mol. The molecule has 110 valence electrons. The average Bonchev–Trinajstić information content (AvgIpc) is 2.48. The fraction of sp³-hybridized carbons (Fsp3) is 0.100. The third kappa shape index (κ3) is 3.52. The summed E-state index contributed by atoms with van der Waals surface area (Å²) in [6, 6.07) is 3.90. The highest BCUT2D eigenvalue weighted by atomic mass is 79.9. The van der Waals surface area contributed by atoms with Gasteiger partial charge in [0.25, 0.3) is 5.69 Å². The van der Waals surface area contributed by atoms with E-state index in [9.17, 15) is 10.1 Å². The number of nitrogen functional groups attached to an aromatic ring is 1. The van der Waals surface area contributed by atoms with E-state index in [0.29, 0.717) is 4.47 Å². The number of halogens is 1. The summed E-state index contributed by atoms with van der Waals surface area (Å²) in [5.74, 6) is 5.41. The van der Waals surface area contributed by atoms with Crippen LogP contribution in [-0.2, 0) is 0 Å². The molecule has 0 aliphatic carbocycles. The van der Waals surface area contributed by atoms with Gasteiger partial charge in [-0.25, -0.2) is 5.84 Å².